The molecule has 1 amide bonds. The molecule has 0 aliphatic carbocycles. The number of amides is 1. The highest BCUT2D eigenvalue weighted by Gasteiger charge is 2.14. The van der Waals surface area contributed by atoms with E-state index in [1.165, 1.54) is 4.90 Å². The van der Waals surface area contributed by atoms with Gasteiger partial charge in [-0.1, -0.05) is 11.6 Å². The number of anilines is 1. The highest BCUT2D eigenvalue weighted by Crippen LogP contribution is 2.28. The third-order valence-corrected chi connectivity index (χ3v) is 2.69. The zero-order valence-corrected chi connectivity index (χ0v) is 11.0. The number of carbonyl (C=O) groups excluding carboxylic acids is 1. The Hall–Kier alpha value is -1.26. The van der Waals surface area contributed by atoms with Gasteiger partial charge in [-0.3, -0.25) is 4.79 Å². The normalized spacial score (nSPS) is 12.1. The molecule has 0 fully saturated rings. The summed E-state index contributed by atoms with van der Waals surface area (Å²) in [5, 5.41) is 0.477. The first-order valence-electron chi connectivity index (χ1n) is 5.31. The standard InChI is InChI=1S/C12H17ClN2O2/c1-8(14)6-12(16)15(2)9-4-5-11(17-3)10(13)7-9/h4-5,7-8H,6,14H2,1-3H3. The number of hydrogen-bond acceptors (Lipinski definition) is 3. The lowest BCUT2D eigenvalue weighted by Gasteiger charge is -2.19. The molecule has 4 nitrogen and oxygen atoms in total. The van der Waals surface area contributed by atoms with Gasteiger partial charge in [-0.25, -0.2) is 0 Å². The van der Waals surface area contributed by atoms with Gasteiger partial charge in [-0.15, -0.1) is 0 Å². The van der Waals surface area contributed by atoms with Crippen molar-refractivity contribution in [1.82, 2.24) is 0 Å². The molecule has 1 aromatic rings. The zero-order valence-electron chi connectivity index (χ0n) is 10.2. The second-order valence-electron chi connectivity index (χ2n) is 3.95. The Labute approximate surface area is 106 Å². The molecule has 0 radical (unpaired) electrons. The molecule has 1 rings (SSSR count). The van der Waals surface area contributed by atoms with E-state index in [2.05, 4.69) is 0 Å². The van der Waals surface area contributed by atoms with Crippen LogP contribution in [0.1, 0.15) is 13.3 Å². The van der Waals surface area contributed by atoms with E-state index < -0.39 is 0 Å². The van der Waals surface area contributed by atoms with E-state index in [1.807, 2.05) is 0 Å². The molecule has 0 aromatic heterocycles. The second kappa shape index (κ2) is 5.89. The lowest BCUT2D eigenvalue weighted by Crippen LogP contribution is -2.31. The minimum atomic E-state index is -0.154. The molecule has 0 aliphatic rings. The first-order valence-corrected chi connectivity index (χ1v) is 5.69. The van der Waals surface area contributed by atoms with Crippen LogP contribution < -0.4 is 15.4 Å². The van der Waals surface area contributed by atoms with E-state index in [9.17, 15) is 4.79 Å². The fraction of sp³-hybridized carbons (Fsp3) is 0.417. The number of benzene rings is 1. The molecule has 0 spiro atoms. The molecule has 17 heavy (non-hydrogen) atoms. The monoisotopic (exact) mass is 256 g/mol. The van der Waals surface area contributed by atoms with Crippen molar-refractivity contribution in [2.75, 3.05) is 19.1 Å². The van der Waals surface area contributed by atoms with Gasteiger partial charge in [-0.05, 0) is 25.1 Å². The molecule has 0 saturated heterocycles. The molecule has 1 unspecified atom stereocenters. The Morgan fingerprint density at radius 3 is 2.71 bits per heavy atom. The number of rotatable bonds is 4. The van der Waals surface area contributed by atoms with Gasteiger partial charge in [0.1, 0.15) is 5.75 Å². The van der Waals surface area contributed by atoms with Gasteiger partial charge in [0.15, 0.2) is 0 Å². The van der Waals surface area contributed by atoms with Gasteiger partial charge in [0, 0.05) is 25.2 Å². The number of carbonyl (C=O) groups is 1. The van der Waals surface area contributed by atoms with Crippen molar-refractivity contribution in [1.29, 1.82) is 0 Å². The molecule has 0 aliphatic heterocycles. The van der Waals surface area contributed by atoms with E-state index in [0.717, 1.165) is 5.69 Å². The fourth-order valence-electron chi connectivity index (χ4n) is 1.42. The lowest BCUT2D eigenvalue weighted by molar-refractivity contribution is -0.118. The number of methoxy groups -OCH3 is 1. The summed E-state index contributed by atoms with van der Waals surface area (Å²) in [6.07, 6.45) is 0.306. The SMILES string of the molecule is COc1ccc(N(C)C(=O)CC(C)N)cc1Cl. The average Bonchev–Trinajstić information content (AvgIpc) is 2.27. The van der Waals surface area contributed by atoms with Crippen molar-refractivity contribution in [3.63, 3.8) is 0 Å². The predicted octanol–water partition coefficient (Wildman–Crippen LogP) is 2.05. The van der Waals surface area contributed by atoms with Crippen LogP contribution in [-0.4, -0.2) is 26.1 Å². The smallest absolute Gasteiger partial charge is 0.228 e. The number of nitrogens with zero attached hydrogens (tertiary/aromatic N) is 1. The summed E-state index contributed by atoms with van der Waals surface area (Å²) in [6.45, 7) is 1.80. The fourth-order valence-corrected chi connectivity index (χ4v) is 1.67. The largest absolute Gasteiger partial charge is 0.495 e. The van der Waals surface area contributed by atoms with E-state index in [0.29, 0.717) is 17.2 Å². The number of nitrogens with two attached hydrogens (primary N) is 1. The summed E-state index contributed by atoms with van der Waals surface area (Å²) in [7, 11) is 3.24. The van der Waals surface area contributed by atoms with Crippen LogP contribution in [0.5, 0.6) is 5.75 Å². The third-order valence-electron chi connectivity index (χ3n) is 2.39. The van der Waals surface area contributed by atoms with Crippen molar-refractivity contribution in [3.05, 3.63) is 23.2 Å². The van der Waals surface area contributed by atoms with Crippen molar-refractivity contribution in [2.45, 2.75) is 19.4 Å². The van der Waals surface area contributed by atoms with E-state index in [-0.39, 0.29) is 11.9 Å². The quantitative estimate of drug-likeness (QED) is 0.897. The van der Waals surface area contributed by atoms with Crippen LogP contribution in [0.2, 0.25) is 5.02 Å². The van der Waals surface area contributed by atoms with Crippen molar-refractivity contribution < 1.29 is 9.53 Å². The topological polar surface area (TPSA) is 55.6 Å². The van der Waals surface area contributed by atoms with Gasteiger partial charge >= 0.3 is 0 Å². The molecular formula is C12H17ClN2O2. The van der Waals surface area contributed by atoms with Crippen molar-refractivity contribution in [3.8, 4) is 5.75 Å². The molecule has 94 valence electrons. The molecule has 0 bridgehead atoms. The van der Waals surface area contributed by atoms with Crippen LogP contribution in [0.25, 0.3) is 0 Å². The molecule has 1 atom stereocenters. The van der Waals surface area contributed by atoms with Gasteiger partial charge in [-0.2, -0.15) is 0 Å². The highest BCUT2D eigenvalue weighted by molar-refractivity contribution is 6.32. The number of halogens is 1. The molecule has 1 aromatic carbocycles. The second-order valence-corrected chi connectivity index (χ2v) is 4.36. The first kappa shape index (κ1) is 13.8. The zero-order chi connectivity index (χ0) is 13.0. The van der Waals surface area contributed by atoms with Crippen LogP contribution in [0.3, 0.4) is 0 Å². The van der Waals surface area contributed by atoms with Crippen LogP contribution in [0.15, 0.2) is 18.2 Å². The Kier molecular flexibility index (Phi) is 4.78. The Bertz CT molecular complexity index is 407. The summed E-state index contributed by atoms with van der Waals surface area (Å²) in [4.78, 5) is 13.3. The summed E-state index contributed by atoms with van der Waals surface area (Å²) in [6, 6.07) is 5.05. The van der Waals surface area contributed by atoms with Crippen LogP contribution in [0.4, 0.5) is 5.69 Å². The summed E-state index contributed by atoms with van der Waals surface area (Å²) in [5.41, 5.74) is 6.31. The number of ether oxygens (including phenoxy) is 1. The minimum absolute atomic E-state index is 0.0405. The van der Waals surface area contributed by atoms with Crippen molar-refractivity contribution >= 4 is 23.2 Å². The van der Waals surface area contributed by atoms with Gasteiger partial charge in [0.05, 0.1) is 12.1 Å². The van der Waals surface area contributed by atoms with E-state index in [4.69, 9.17) is 22.1 Å². The minimum Gasteiger partial charge on any atom is -0.495 e. The maximum absolute atomic E-state index is 11.8. The Morgan fingerprint density at radius 2 is 2.24 bits per heavy atom. The molecule has 2 N–H and O–H groups in total. The third kappa shape index (κ3) is 3.61. The molecule has 0 heterocycles. The predicted molar refractivity (Wildman–Crippen MR) is 69.7 cm³/mol. The lowest BCUT2D eigenvalue weighted by atomic mass is 10.2. The highest BCUT2D eigenvalue weighted by atomic mass is 35.5. The van der Waals surface area contributed by atoms with Crippen LogP contribution in [0, 0.1) is 0 Å². The molecule has 0 saturated carbocycles. The van der Waals surface area contributed by atoms with Gasteiger partial charge in [0.25, 0.3) is 0 Å². The summed E-state index contributed by atoms with van der Waals surface area (Å²) in [5.74, 6) is 0.546. The molecular weight excluding hydrogens is 240 g/mol. The molecule has 5 heteroatoms. The van der Waals surface area contributed by atoms with Crippen LogP contribution >= 0.6 is 11.6 Å². The summed E-state index contributed by atoms with van der Waals surface area (Å²) >= 11 is 6.00. The maximum atomic E-state index is 11.8. The maximum Gasteiger partial charge on any atom is 0.228 e. The van der Waals surface area contributed by atoms with Gasteiger partial charge < -0.3 is 15.4 Å². The number of hydrogen-bond donors (Lipinski definition) is 1. The Morgan fingerprint density at radius 1 is 1.59 bits per heavy atom. The van der Waals surface area contributed by atoms with Crippen LogP contribution in [-0.2, 0) is 4.79 Å². The van der Waals surface area contributed by atoms with E-state index >= 15 is 0 Å². The van der Waals surface area contributed by atoms with Crippen molar-refractivity contribution in [2.24, 2.45) is 5.73 Å². The summed E-state index contributed by atoms with van der Waals surface area (Å²) < 4.78 is 5.05. The van der Waals surface area contributed by atoms with Gasteiger partial charge in [0.2, 0.25) is 5.91 Å². The first-order chi connectivity index (χ1) is 7.95. The average molecular weight is 257 g/mol. The van der Waals surface area contributed by atoms with E-state index in [1.54, 1.807) is 39.3 Å². The Balaban J connectivity index is 2.85.